The zero-order valence-electron chi connectivity index (χ0n) is 12.9. The monoisotopic (exact) mass is 330 g/mol. The van der Waals surface area contributed by atoms with E-state index in [2.05, 4.69) is 5.32 Å². The van der Waals surface area contributed by atoms with Gasteiger partial charge in [-0.1, -0.05) is 36.1 Å². The van der Waals surface area contributed by atoms with Gasteiger partial charge in [-0.05, 0) is 29.0 Å². The normalized spacial score (nSPS) is 10.0. The summed E-state index contributed by atoms with van der Waals surface area (Å²) in [4.78, 5) is 22.3. The largest absolute Gasteiger partial charge is 1.00 e. The van der Waals surface area contributed by atoms with Crippen LogP contribution in [0.15, 0.2) is 60.7 Å². The number of anilines is 1. The van der Waals surface area contributed by atoms with Gasteiger partial charge in [0.2, 0.25) is 0 Å². The Morgan fingerprint density at radius 3 is 2.12 bits per heavy atom. The first-order valence-corrected chi connectivity index (χ1v) is 6.80. The summed E-state index contributed by atoms with van der Waals surface area (Å²) in [5.41, 5.74) is 0.341. The number of fused-ring (bicyclic) bond motifs is 1. The molecule has 0 bridgehead atoms. The van der Waals surface area contributed by atoms with Crippen molar-refractivity contribution in [3.8, 4) is 5.75 Å². The molecule has 0 atom stereocenters. The minimum Gasteiger partial charge on any atom is -0.872 e. The van der Waals surface area contributed by atoms with Crippen LogP contribution in [0.4, 0.5) is 11.4 Å². The first-order chi connectivity index (χ1) is 11.0. The molecule has 0 unspecified atom stereocenters. The molecule has 0 heterocycles. The molecule has 0 fully saturated rings. The fourth-order valence-electron chi connectivity index (χ4n) is 2.26. The second-order valence-corrected chi connectivity index (χ2v) is 4.95. The molecule has 0 aliphatic heterocycles. The number of non-ortho nitro benzene ring substituents is 1. The molecule has 1 amide bonds. The summed E-state index contributed by atoms with van der Waals surface area (Å²) in [6.07, 6.45) is 0. The summed E-state index contributed by atoms with van der Waals surface area (Å²) in [5.74, 6) is -0.919. The molecule has 7 heteroatoms. The predicted octanol–water partition coefficient (Wildman–Crippen LogP) is 0.0779. The maximum absolute atomic E-state index is 12.3. The summed E-state index contributed by atoms with van der Waals surface area (Å²) in [7, 11) is 0. The smallest absolute Gasteiger partial charge is 0.872 e. The Hall–Kier alpha value is -2.41. The molecule has 0 saturated heterocycles. The number of hydrogen-bond acceptors (Lipinski definition) is 4. The molecular formula is C17H11N2NaO4. The van der Waals surface area contributed by atoms with Gasteiger partial charge in [0.1, 0.15) is 0 Å². The van der Waals surface area contributed by atoms with E-state index in [4.69, 9.17) is 0 Å². The molecule has 24 heavy (non-hydrogen) atoms. The van der Waals surface area contributed by atoms with Crippen molar-refractivity contribution in [3.05, 3.63) is 76.3 Å². The van der Waals surface area contributed by atoms with Crippen molar-refractivity contribution < 1.29 is 44.4 Å². The Kier molecular flexibility index (Phi) is 5.56. The Morgan fingerprint density at radius 1 is 0.958 bits per heavy atom. The maximum atomic E-state index is 12.3. The van der Waals surface area contributed by atoms with Crippen molar-refractivity contribution in [2.45, 2.75) is 0 Å². The molecule has 0 radical (unpaired) electrons. The van der Waals surface area contributed by atoms with E-state index in [0.717, 1.165) is 10.8 Å². The molecule has 0 aliphatic carbocycles. The minimum atomic E-state index is -0.547. The number of nitrogens with one attached hydrogen (secondary N) is 1. The molecule has 3 aromatic carbocycles. The van der Waals surface area contributed by atoms with Crippen LogP contribution in [0.5, 0.6) is 5.75 Å². The van der Waals surface area contributed by atoms with Gasteiger partial charge in [-0.3, -0.25) is 14.9 Å². The Morgan fingerprint density at radius 2 is 1.54 bits per heavy atom. The fourth-order valence-corrected chi connectivity index (χ4v) is 2.26. The van der Waals surface area contributed by atoms with Gasteiger partial charge in [-0.25, -0.2) is 0 Å². The molecule has 0 saturated carbocycles. The van der Waals surface area contributed by atoms with Crippen LogP contribution in [0.3, 0.4) is 0 Å². The summed E-state index contributed by atoms with van der Waals surface area (Å²) in [6.45, 7) is 0. The second-order valence-electron chi connectivity index (χ2n) is 4.95. The van der Waals surface area contributed by atoms with E-state index in [1.165, 1.54) is 30.3 Å². The number of carbonyl (C=O) groups excluding carboxylic acids is 1. The molecule has 1 N–H and O–H groups in total. The third kappa shape index (κ3) is 3.73. The topological polar surface area (TPSA) is 95.3 Å². The van der Waals surface area contributed by atoms with E-state index >= 15 is 0 Å². The second kappa shape index (κ2) is 7.44. The van der Waals surface area contributed by atoms with Crippen LogP contribution >= 0.6 is 0 Å². The Labute approximate surface area is 159 Å². The van der Waals surface area contributed by atoms with Crippen molar-refractivity contribution >= 4 is 28.1 Å². The molecule has 3 aromatic rings. The first-order valence-electron chi connectivity index (χ1n) is 6.80. The average molecular weight is 330 g/mol. The Balaban J connectivity index is 0.00000208. The van der Waals surface area contributed by atoms with Gasteiger partial charge in [0, 0.05) is 23.4 Å². The standard InChI is InChI=1S/C17H12N2O4.Na/c20-16-10-12-4-2-1-3-11(12)9-15(16)17(21)18-13-5-7-14(8-6-13)19(22)23;/h1-10,20H,(H,18,21);/q;+1/p-1. The van der Waals surface area contributed by atoms with Crippen LogP contribution in [0.25, 0.3) is 10.8 Å². The van der Waals surface area contributed by atoms with Crippen LogP contribution in [0.1, 0.15) is 10.4 Å². The van der Waals surface area contributed by atoms with Gasteiger partial charge >= 0.3 is 29.6 Å². The molecule has 0 aromatic heterocycles. The number of hydrogen-bond donors (Lipinski definition) is 1. The number of benzene rings is 3. The number of rotatable bonds is 3. The number of amides is 1. The van der Waals surface area contributed by atoms with Crippen molar-refractivity contribution in [2.24, 2.45) is 0 Å². The van der Waals surface area contributed by atoms with Crippen LogP contribution in [0.2, 0.25) is 0 Å². The molecule has 6 nitrogen and oxygen atoms in total. The van der Waals surface area contributed by atoms with E-state index < -0.39 is 10.8 Å². The van der Waals surface area contributed by atoms with Crippen molar-refractivity contribution in [1.29, 1.82) is 0 Å². The Bertz CT molecular complexity index is 910. The zero-order valence-corrected chi connectivity index (χ0v) is 14.9. The van der Waals surface area contributed by atoms with E-state index in [1.54, 1.807) is 12.1 Å². The van der Waals surface area contributed by atoms with E-state index in [-0.39, 0.29) is 46.6 Å². The van der Waals surface area contributed by atoms with Crippen LogP contribution in [-0.4, -0.2) is 10.8 Å². The van der Waals surface area contributed by atoms with Gasteiger partial charge in [0.25, 0.3) is 11.6 Å². The third-order valence-electron chi connectivity index (χ3n) is 3.43. The van der Waals surface area contributed by atoms with Crippen molar-refractivity contribution in [2.75, 3.05) is 5.32 Å². The molecular weight excluding hydrogens is 319 g/mol. The number of nitro groups is 1. The summed E-state index contributed by atoms with van der Waals surface area (Å²) in [6, 6.07) is 15.6. The summed E-state index contributed by atoms with van der Waals surface area (Å²) in [5, 5.41) is 26.8. The van der Waals surface area contributed by atoms with Crippen LogP contribution in [-0.2, 0) is 0 Å². The maximum Gasteiger partial charge on any atom is 1.00 e. The summed E-state index contributed by atoms with van der Waals surface area (Å²) >= 11 is 0. The molecule has 114 valence electrons. The fraction of sp³-hybridized carbons (Fsp3) is 0. The van der Waals surface area contributed by atoms with E-state index in [1.807, 2.05) is 18.2 Å². The first kappa shape index (κ1) is 17.9. The van der Waals surface area contributed by atoms with Gasteiger partial charge in [-0.2, -0.15) is 0 Å². The third-order valence-corrected chi connectivity index (χ3v) is 3.43. The number of nitro benzene ring substituents is 1. The van der Waals surface area contributed by atoms with Crippen molar-refractivity contribution in [1.82, 2.24) is 0 Å². The van der Waals surface area contributed by atoms with Gasteiger partial charge in [-0.15, -0.1) is 0 Å². The van der Waals surface area contributed by atoms with Crippen LogP contribution in [0, 0.1) is 10.1 Å². The zero-order chi connectivity index (χ0) is 16.4. The van der Waals surface area contributed by atoms with Crippen molar-refractivity contribution in [3.63, 3.8) is 0 Å². The number of carbonyl (C=O) groups is 1. The molecule has 3 rings (SSSR count). The quantitative estimate of drug-likeness (QED) is 0.418. The van der Waals surface area contributed by atoms with Gasteiger partial charge < -0.3 is 10.4 Å². The van der Waals surface area contributed by atoms with E-state index in [9.17, 15) is 20.0 Å². The average Bonchev–Trinajstić information content (AvgIpc) is 2.54. The van der Waals surface area contributed by atoms with Gasteiger partial charge in [0.05, 0.1) is 4.92 Å². The molecule has 0 aliphatic rings. The predicted molar refractivity (Wildman–Crippen MR) is 84.4 cm³/mol. The number of nitrogens with zero attached hydrogens (tertiary/aromatic N) is 1. The SMILES string of the molecule is O=C(Nc1ccc([N+](=O)[O-])cc1)c1cc2ccccc2cc1[O-].[Na+]. The van der Waals surface area contributed by atoms with Crippen LogP contribution < -0.4 is 40.0 Å². The van der Waals surface area contributed by atoms with Gasteiger partial charge in [0.15, 0.2) is 0 Å². The summed E-state index contributed by atoms with van der Waals surface area (Å²) < 4.78 is 0. The van der Waals surface area contributed by atoms with E-state index in [0.29, 0.717) is 5.69 Å². The molecule has 0 spiro atoms. The minimum absolute atomic E-state index is 0.